The fourth-order valence-corrected chi connectivity index (χ4v) is 1.18. The minimum Gasteiger partial charge on any atom is -0.495 e. The topological polar surface area (TPSA) is 50.1 Å². The van der Waals surface area contributed by atoms with Crippen LogP contribution < -0.4 is 4.74 Å². The number of methoxy groups -OCH3 is 1. The molecule has 1 rings (SSSR count). The highest BCUT2D eigenvalue weighted by molar-refractivity contribution is 5.60. The van der Waals surface area contributed by atoms with Gasteiger partial charge in [-0.05, 0) is 17.7 Å². The van der Waals surface area contributed by atoms with Crippen LogP contribution in [0, 0.1) is 11.3 Å². The molecule has 0 unspecified atom stereocenters. The third-order valence-electron chi connectivity index (χ3n) is 1.89. The smallest absolute Gasteiger partial charge is 0.136 e. The Labute approximate surface area is 88.6 Å². The van der Waals surface area contributed by atoms with E-state index in [4.69, 9.17) is 10.00 Å². The number of benzene rings is 1. The molecular weight excluding hydrogens is 190 g/mol. The third-order valence-corrected chi connectivity index (χ3v) is 1.89. The summed E-state index contributed by atoms with van der Waals surface area (Å²) >= 11 is 0. The van der Waals surface area contributed by atoms with Crippen molar-refractivity contribution in [3.05, 3.63) is 35.4 Å². The molecule has 0 bridgehead atoms. The molecule has 3 heteroatoms. The van der Waals surface area contributed by atoms with E-state index in [1.54, 1.807) is 24.3 Å². The fraction of sp³-hybridized carbons (Fsp3) is 0.167. The fourth-order valence-electron chi connectivity index (χ4n) is 1.18. The molecule has 0 heterocycles. The number of carbonyl (C=O) groups excluding carboxylic acids is 1. The molecule has 15 heavy (non-hydrogen) atoms. The zero-order valence-electron chi connectivity index (χ0n) is 8.43. The van der Waals surface area contributed by atoms with Gasteiger partial charge in [-0.1, -0.05) is 18.2 Å². The van der Waals surface area contributed by atoms with Crippen LogP contribution in [0.15, 0.2) is 24.3 Å². The molecule has 76 valence electrons. The molecule has 0 aliphatic carbocycles. The van der Waals surface area contributed by atoms with E-state index < -0.39 is 0 Å². The minimum absolute atomic E-state index is 0.383. The number of hydrogen-bond donors (Lipinski definition) is 0. The van der Waals surface area contributed by atoms with Gasteiger partial charge in [0.1, 0.15) is 18.1 Å². The van der Waals surface area contributed by atoms with Gasteiger partial charge >= 0.3 is 0 Å². The Balaban J connectivity index is 2.94. The van der Waals surface area contributed by atoms with Gasteiger partial charge in [-0.15, -0.1) is 0 Å². The first-order valence-electron chi connectivity index (χ1n) is 4.50. The summed E-state index contributed by atoms with van der Waals surface area (Å²) in [4.78, 5) is 10.1. The van der Waals surface area contributed by atoms with Crippen LogP contribution in [0.1, 0.15) is 17.5 Å². The van der Waals surface area contributed by atoms with E-state index >= 15 is 0 Å². The predicted molar refractivity (Wildman–Crippen MR) is 57.4 cm³/mol. The van der Waals surface area contributed by atoms with Crippen molar-refractivity contribution < 1.29 is 9.53 Å². The molecule has 0 aliphatic rings. The molecule has 1 aromatic rings. The zero-order valence-corrected chi connectivity index (χ0v) is 8.43. The van der Waals surface area contributed by atoms with Gasteiger partial charge in [0.15, 0.2) is 0 Å². The molecule has 0 atom stereocenters. The first-order chi connectivity index (χ1) is 7.31. The van der Waals surface area contributed by atoms with Gasteiger partial charge in [-0.2, -0.15) is 5.26 Å². The van der Waals surface area contributed by atoms with E-state index in [9.17, 15) is 4.79 Å². The van der Waals surface area contributed by atoms with Gasteiger partial charge in [0.25, 0.3) is 0 Å². The lowest BCUT2D eigenvalue weighted by Crippen LogP contribution is -1.88. The average Bonchev–Trinajstić information content (AvgIpc) is 2.29. The van der Waals surface area contributed by atoms with Crippen molar-refractivity contribution in [2.75, 3.05) is 7.11 Å². The largest absolute Gasteiger partial charge is 0.495 e. The number of carbonyl (C=O) groups is 1. The minimum atomic E-state index is 0.383. The average molecular weight is 201 g/mol. The monoisotopic (exact) mass is 201 g/mol. The van der Waals surface area contributed by atoms with Gasteiger partial charge in [-0.25, -0.2) is 0 Å². The Kier molecular flexibility index (Phi) is 4.11. The van der Waals surface area contributed by atoms with Crippen LogP contribution in [0.3, 0.4) is 0 Å². The van der Waals surface area contributed by atoms with Crippen LogP contribution in [0.4, 0.5) is 0 Å². The van der Waals surface area contributed by atoms with Gasteiger partial charge in [0, 0.05) is 6.42 Å². The summed E-state index contributed by atoms with van der Waals surface area (Å²) < 4.78 is 5.01. The Hall–Kier alpha value is -2.08. The first kappa shape index (κ1) is 11.0. The van der Waals surface area contributed by atoms with E-state index in [1.165, 1.54) is 7.11 Å². The summed E-state index contributed by atoms with van der Waals surface area (Å²) in [6.07, 6.45) is 4.75. The molecule has 0 radical (unpaired) electrons. The molecule has 0 aliphatic heterocycles. The standard InChI is InChI=1S/C12H11NO2/c1-15-12-6-5-10(4-2-3-7-14)8-11(12)9-13/h2,4-8H,3H2,1H3. The number of ether oxygens (including phenoxy) is 1. The summed E-state index contributed by atoms with van der Waals surface area (Å²) in [7, 11) is 1.53. The second-order valence-corrected chi connectivity index (χ2v) is 2.88. The summed E-state index contributed by atoms with van der Waals surface area (Å²) in [6, 6.07) is 7.34. The summed E-state index contributed by atoms with van der Waals surface area (Å²) in [5, 5.41) is 8.84. The van der Waals surface area contributed by atoms with Crippen LogP contribution >= 0.6 is 0 Å². The molecule has 0 spiro atoms. The Morgan fingerprint density at radius 2 is 2.33 bits per heavy atom. The highest BCUT2D eigenvalue weighted by Crippen LogP contribution is 2.19. The predicted octanol–water partition coefficient (Wildman–Crippen LogP) is 2.17. The number of nitriles is 1. The van der Waals surface area contributed by atoms with Crippen LogP contribution in [0.2, 0.25) is 0 Å². The SMILES string of the molecule is COc1ccc(C=CCC=O)cc1C#N. The van der Waals surface area contributed by atoms with E-state index in [0.29, 0.717) is 17.7 Å². The number of rotatable bonds is 4. The molecule has 0 fully saturated rings. The molecule has 0 saturated carbocycles. The Morgan fingerprint density at radius 1 is 1.53 bits per heavy atom. The number of hydrogen-bond acceptors (Lipinski definition) is 3. The van der Waals surface area contributed by atoms with Crippen LogP contribution in [0.5, 0.6) is 5.75 Å². The molecular formula is C12H11NO2. The first-order valence-corrected chi connectivity index (χ1v) is 4.50. The van der Waals surface area contributed by atoms with Crippen molar-refractivity contribution in [3.8, 4) is 11.8 Å². The van der Waals surface area contributed by atoms with Crippen molar-refractivity contribution in [2.45, 2.75) is 6.42 Å². The third kappa shape index (κ3) is 2.96. The molecule has 3 nitrogen and oxygen atoms in total. The lowest BCUT2D eigenvalue weighted by Gasteiger charge is -2.02. The summed E-state index contributed by atoms with van der Waals surface area (Å²) in [5.41, 5.74) is 1.37. The van der Waals surface area contributed by atoms with Crippen molar-refractivity contribution in [2.24, 2.45) is 0 Å². The normalized spacial score (nSPS) is 9.87. The maximum atomic E-state index is 10.1. The molecule has 1 aromatic carbocycles. The van der Waals surface area contributed by atoms with Crippen LogP contribution in [0.25, 0.3) is 6.08 Å². The second kappa shape index (κ2) is 5.61. The quantitative estimate of drug-likeness (QED) is 0.701. The number of nitrogens with zero attached hydrogens (tertiary/aromatic N) is 1. The number of aldehydes is 1. The maximum absolute atomic E-state index is 10.1. The molecule has 0 saturated heterocycles. The van der Waals surface area contributed by atoms with E-state index in [1.807, 2.05) is 12.1 Å². The van der Waals surface area contributed by atoms with Crippen molar-refractivity contribution in [1.82, 2.24) is 0 Å². The molecule has 0 amide bonds. The molecule has 0 N–H and O–H groups in total. The lowest BCUT2D eigenvalue weighted by atomic mass is 10.1. The van der Waals surface area contributed by atoms with Crippen LogP contribution in [-0.4, -0.2) is 13.4 Å². The highest BCUT2D eigenvalue weighted by atomic mass is 16.5. The summed E-state index contributed by atoms with van der Waals surface area (Å²) in [6.45, 7) is 0. The van der Waals surface area contributed by atoms with E-state index in [2.05, 4.69) is 0 Å². The van der Waals surface area contributed by atoms with Gasteiger partial charge < -0.3 is 9.53 Å². The van der Waals surface area contributed by atoms with E-state index in [0.717, 1.165) is 11.8 Å². The molecule has 0 aromatic heterocycles. The van der Waals surface area contributed by atoms with Crippen molar-refractivity contribution in [3.63, 3.8) is 0 Å². The van der Waals surface area contributed by atoms with Gasteiger partial charge in [0.2, 0.25) is 0 Å². The van der Waals surface area contributed by atoms with Crippen LogP contribution in [-0.2, 0) is 4.79 Å². The van der Waals surface area contributed by atoms with Crippen molar-refractivity contribution >= 4 is 12.4 Å². The second-order valence-electron chi connectivity index (χ2n) is 2.88. The lowest BCUT2D eigenvalue weighted by molar-refractivity contribution is -0.107. The van der Waals surface area contributed by atoms with E-state index in [-0.39, 0.29) is 0 Å². The van der Waals surface area contributed by atoms with Gasteiger partial charge in [0.05, 0.1) is 12.7 Å². The number of allylic oxidation sites excluding steroid dienone is 1. The Morgan fingerprint density at radius 3 is 2.93 bits per heavy atom. The van der Waals surface area contributed by atoms with Crippen molar-refractivity contribution in [1.29, 1.82) is 5.26 Å². The Bertz CT molecular complexity index is 416. The summed E-state index contributed by atoms with van der Waals surface area (Å²) in [5.74, 6) is 0.560. The highest BCUT2D eigenvalue weighted by Gasteiger charge is 2.01. The zero-order chi connectivity index (χ0) is 11.1. The van der Waals surface area contributed by atoms with Gasteiger partial charge in [-0.3, -0.25) is 0 Å². The maximum Gasteiger partial charge on any atom is 0.136 e.